The maximum atomic E-state index is 13.7. The first-order valence-electron chi connectivity index (χ1n) is 11.5. The number of nitrogens with one attached hydrogen (secondary N) is 1. The van der Waals surface area contributed by atoms with Crippen molar-refractivity contribution in [3.05, 3.63) is 58.7 Å². The van der Waals surface area contributed by atoms with Gasteiger partial charge in [-0.3, -0.25) is 9.48 Å². The van der Waals surface area contributed by atoms with Crippen LogP contribution in [0.3, 0.4) is 0 Å². The van der Waals surface area contributed by atoms with Gasteiger partial charge in [0, 0.05) is 45.5 Å². The summed E-state index contributed by atoms with van der Waals surface area (Å²) in [6.45, 7) is 3.03. The van der Waals surface area contributed by atoms with Crippen LogP contribution >= 0.6 is 11.3 Å². The lowest BCUT2D eigenvalue weighted by atomic mass is 10.0. The predicted molar refractivity (Wildman–Crippen MR) is 126 cm³/mol. The third kappa shape index (κ3) is 4.84. The Kier molecular flexibility index (Phi) is 6.20. The molecule has 1 aromatic carbocycles. The highest BCUT2D eigenvalue weighted by atomic mass is 32.1. The molecular formula is C24H20F6N6OS. The number of halogens is 6. The van der Waals surface area contributed by atoms with Crippen LogP contribution in [0, 0.1) is 12.3 Å². The summed E-state index contributed by atoms with van der Waals surface area (Å²) in [6.07, 6.45) is -3.99. The summed E-state index contributed by atoms with van der Waals surface area (Å²) >= 11 is 1.36. The molecule has 1 unspecified atom stereocenters. The van der Waals surface area contributed by atoms with Crippen LogP contribution in [0.5, 0.6) is 0 Å². The molecule has 1 aliphatic carbocycles. The SMILES string of the molecule is Cc1cnc(-c2cc(C(=O)NC(C)c3cnc(C(F)(F)F)nc3)cc3c2cnn3CC2(C(F)(F)F)CC2)s1. The smallest absolute Gasteiger partial charge is 0.345 e. The van der Waals surface area contributed by atoms with Crippen LogP contribution in [0.25, 0.3) is 21.5 Å². The van der Waals surface area contributed by atoms with Gasteiger partial charge in [-0.05, 0) is 38.8 Å². The van der Waals surface area contributed by atoms with Gasteiger partial charge < -0.3 is 5.32 Å². The first kappa shape index (κ1) is 26.1. The fourth-order valence-corrected chi connectivity index (χ4v) is 4.92. The van der Waals surface area contributed by atoms with Gasteiger partial charge in [-0.25, -0.2) is 15.0 Å². The molecule has 7 nitrogen and oxygen atoms in total. The average Bonchev–Trinajstić information content (AvgIpc) is 3.36. The molecule has 1 aliphatic rings. The van der Waals surface area contributed by atoms with E-state index in [0.29, 0.717) is 21.5 Å². The van der Waals surface area contributed by atoms with Crippen molar-refractivity contribution < 1.29 is 31.1 Å². The van der Waals surface area contributed by atoms with E-state index in [2.05, 4.69) is 25.4 Å². The second-order valence-corrected chi connectivity index (χ2v) is 10.6. The Morgan fingerprint density at radius 2 is 1.76 bits per heavy atom. The molecular weight excluding hydrogens is 534 g/mol. The summed E-state index contributed by atoms with van der Waals surface area (Å²) in [6, 6.07) is 2.29. The molecule has 3 aromatic heterocycles. The van der Waals surface area contributed by atoms with E-state index >= 15 is 0 Å². The third-order valence-electron chi connectivity index (χ3n) is 6.56. The number of rotatable bonds is 6. The highest BCUT2D eigenvalue weighted by Gasteiger charge is 2.63. The van der Waals surface area contributed by atoms with Crippen molar-refractivity contribution in [2.45, 2.75) is 51.6 Å². The Labute approximate surface area is 215 Å². The zero-order chi connectivity index (χ0) is 27.5. The summed E-state index contributed by atoms with van der Waals surface area (Å²) in [5.41, 5.74) is -0.576. The van der Waals surface area contributed by atoms with E-state index in [1.807, 2.05) is 6.92 Å². The van der Waals surface area contributed by atoms with E-state index in [-0.39, 0.29) is 30.5 Å². The number of carbonyl (C=O) groups excluding carboxylic acids is 1. The topological polar surface area (TPSA) is 85.6 Å². The Morgan fingerprint density at radius 3 is 2.32 bits per heavy atom. The van der Waals surface area contributed by atoms with Gasteiger partial charge in [-0.1, -0.05) is 0 Å². The van der Waals surface area contributed by atoms with Crippen LogP contribution in [-0.4, -0.2) is 36.8 Å². The van der Waals surface area contributed by atoms with Crippen LogP contribution in [0.2, 0.25) is 0 Å². The minimum atomic E-state index is -4.70. The largest absolute Gasteiger partial charge is 0.451 e. The Hall–Kier alpha value is -3.55. The van der Waals surface area contributed by atoms with Crippen molar-refractivity contribution in [3.63, 3.8) is 0 Å². The molecule has 3 heterocycles. The van der Waals surface area contributed by atoms with Crippen LogP contribution < -0.4 is 5.32 Å². The molecule has 1 saturated carbocycles. The molecule has 1 fully saturated rings. The standard InChI is InChI=1S/C24H20F6N6OS/c1-12-7-31-20(38-12)16-5-14(19(37)35-13(2)15-8-32-21(33-9-15)23(25,26)27)6-18-17(16)10-34-36(18)11-22(3-4-22)24(28,29)30/h5-10,13H,3-4,11H2,1-2H3,(H,35,37). The van der Waals surface area contributed by atoms with E-state index in [1.54, 1.807) is 19.2 Å². The number of aryl methyl sites for hydroxylation is 1. The number of hydrogen-bond donors (Lipinski definition) is 1. The van der Waals surface area contributed by atoms with E-state index < -0.39 is 35.5 Å². The monoisotopic (exact) mass is 554 g/mol. The third-order valence-corrected chi connectivity index (χ3v) is 7.50. The first-order valence-corrected chi connectivity index (χ1v) is 12.3. The molecule has 1 amide bonds. The maximum absolute atomic E-state index is 13.7. The van der Waals surface area contributed by atoms with Crippen molar-refractivity contribution in [2.75, 3.05) is 0 Å². The number of carbonyl (C=O) groups is 1. The van der Waals surface area contributed by atoms with Gasteiger partial charge in [0.15, 0.2) is 0 Å². The lowest BCUT2D eigenvalue weighted by molar-refractivity contribution is -0.191. The number of nitrogens with zero attached hydrogens (tertiary/aromatic N) is 5. The summed E-state index contributed by atoms with van der Waals surface area (Å²) in [5, 5.41) is 8.03. The molecule has 0 saturated heterocycles. The number of amides is 1. The highest BCUT2D eigenvalue weighted by molar-refractivity contribution is 7.15. The minimum Gasteiger partial charge on any atom is -0.345 e. The number of fused-ring (bicyclic) bond motifs is 1. The zero-order valence-corrected chi connectivity index (χ0v) is 20.8. The number of thiazole rings is 1. The Balaban J connectivity index is 1.49. The van der Waals surface area contributed by atoms with Crippen molar-refractivity contribution >= 4 is 28.1 Å². The average molecular weight is 555 g/mol. The normalized spacial score (nSPS) is 16.0. The lowest BCUT2D eigenvalue weighted by Crippen LogP contribution is -2.29. The van der Waals surface area contributed by atoms with Gasteiger partial charge in [0.2, 0.25) is 5.82 Å². The van der Waals surface area contributed by atoms with Crippen LogP contribution in [0.4, 0.5) is 26.3 Å². The number of benzene rings is 1. The number of aromatic nitrogens is 5. The minimum absolute atomic E-state index is 0.00325. The fraction of sp³-hybridized carbons (Fsp3) is 0.375. The highest BCUT2D eigenvalue weighted by Crippen LogP contribution is 2.58. The van der Waals surface area contributed by atoms with Crippen molar-refractivity contribution in [1.29, 1.82) is 0 Å². The van der Waals surface area contributed by atoms with Crippen LogP contribution in [0.15, 0.2) is 36.9 Å². The molecule has 0 bridgehead atoms. The van der Waals surface area contributed by atoms with Gasteiger partial charge >= 0.3 is 12.4 Å². The van der Waals surface area contributed by atoms with Gasteiger partial charge in [0.05, 0.1) is 29.7 Å². The van der Waals surface area contributed by atoms with Crippen LogP contribution in [-0.2, 0) is 12.7 Å². The van der Waals surface area contributed by atoms with E-state index in [0.717, 1.165) is 17.3 Å². The van der Waals surface area contributed by atoms with E-state index in [9.17, 15) is 31.1 Å². The lowest BCUT2D eigenvalue weighted by Gasteiger charge is -2.20. The van der Waals surface area contributed by atoms with Gasteiger partial charge in [-0.2, -0.15) is 31.4 Å². The maximum Gasteiger partial charge on any atom is 0.451 e. The molecule has 0 aliphatic heterocycles. The van der Waals surface area contributed by atoms with E-state index in [4.69, 9.17) is 0 Å². The van der Waals surface area contributed by atoms with Gasteiger partial charge in [0.1, 0.15) is 5.01 Å². The van der Waals surface area contributed by atoms with Gasteiger partial charge in [-0.15, -0.1) is 11.3 Å². The molecule has 0 spiro atoms. The quantitative estimate of drug-likeness (QED) is 0.291. The summed E-state index contributed by atoms with van der Waals surface area (Å²) < 4.78 is 80.5. The summed E-state index contributed by atoms with van der Waals surface area (Å²) in [7, 11) is 0. The summed E-state index contributed by atoms with van der Waals surface area (Å²) in [5.74, 6) is -1.88. The molecule has 4 aromatic rings. The molecule has 14 heteroatoms. The van der Waals surface area contributed by atoms with Crippen molar-refractivity contribution in [2.24, 2.45) is 5.41 Å². The molecule has 0 radical (unpaired) electrons. The predicted octanol–water partition coefficient (Wildman–Crippen LogP) is 6.11. The molecule has 5 rings (SSSR count). The summed E-state index contributed by atoms with van der Waals surface area (Å²) in [4.78, 5) is 25.1. The molecule has 38 heavy (non-hydrogen) atoms. The first-order chi connectivity index (χ1) is 17.8. The number of hydrogen-bond acceptors (Lipinski definition) is 6. The van der Waals surface area contributed by atoms with Crippen molar-refractivity contribution in [3.8, 4) is 10.6 Å². The Morgan fingerprint density at radius 1 is 1.08 bits per heavy atom. The fourth-order valence-electron chi connectivity index (χ4n) is 4.13. The van der Waals surface area contributed by atoms with Crippen LogP contribution in [0.1, 0.15) is 52.4 Å². The zero-order valence-electron chi connectivity index (χ0n) is 20.0. The number of alkyl halides is 6. The van der Waals surface area contributed by atoms with Gasteiger partial charge in [0.25, 0.3) is 5.91 Å². The Bertz CT molecular complexity index is 1500. The second kappa shape index (κ2) is 9.03. The van der Waals surface area contributed by atoms with Crippen molar-refractivity contribution in [1.82, 2.24) is 30.0 Å². The molecule has 1 atom stereocenters. The van der Waals surface area contributed by atoms with E-state index in [1.165, 1.54) is 28.3 Å². The molecule has 200 valence electrons. The molecule has 1 N–H and O–H groups in total. The second-order valence-electron chi connectivity index (χ2n) is 9.35.